The minimum absolute atomic E-state index is 0.666. The zero-order valence-electron chi connectivity index (χ0n) is 17.6. The Balaban J connectivity index is 1.53. The van der Waals surface area contributed by atoms with Crippen molar-refractivity contribution < 1.29 is 14.2 Å². The van der Waals surface area contributed by atoms with E-state index >= 15 is 0 Å². The highest BCUT2D eigenvalue weighted by atomic mass is 16.5. The second-order valence-electron chi connectivity index (χ2n) is 6.82. The summed E-state index contributed by atoms with van der Waals surface area (Å²) in [6.45, 7) is 3.66. The lowest BCUT2D eigenvalue weighted by atomic mass is 10.1. The van der Waals surface area contributed by atoms with Gasteiger partial charge in [-0.2, -0.15) is 5.10 Å². The molecule has 0 saturated carbocycles. The van der Waals surface area contributed by atoms with Crippen LogP contribution in [-0.2, 0) is 13.0 Å². The van der Waals surface area contributed by atoms with Gasteiger partial charge in [0, 0.05) is 24.4 Å². The molecule has 0 bridgehead atoms. The van der Waals surface area contributed by atoms with Gasteiger partial charge in [-0.05, 0) is 50.1 Å². The normalized spacial score (nSPS) is 10.8. The van der Waals surface area contributed by atoms with Crippen LogP contribution in [0.5, 0.6) is 17.2 Å². The number of ether oxygens (including phenoxy) is 3. The number of aromatic nitrogens is 2. The third-order valence-corrected chi connectivity index (χ3v) is 4.92. The molecule has 1 aromatic heterocycles. The quantitative estimate of drug-likeness (QED) is 0.527. The van der Waals surface area contributed by atoms with Gasteiger partial charge >= 0.3 is 0 Å². The van der Waals surface area contributed by atoms with Crippen LogP contribution in [0, 0.1) is 6.92 Å². The van der Waals surface area contributed by atoms with E-state index in [2.05, 4.69) is 35.7 Å². The Morgan fingerprint density at radius 3 is 2.28 bits per heavy atom. The number of nitrogens with zero attached hydrogens (tertiary/aromatic N) is 2. The maximum absolute atomic E-state index is 5.49. The zero-order valence-corrected chi connectivity index (χ0v) is 17.6. The fourth-order valence-electron chi connectivity index (χ4n) is 3.31. The van der Waals surface area contributed by atoms with E-state index in [-0.39, 0.29) is 0 Å². The Labute approximate surface area is 172 Å². The molecule has 0 saturated heterocycles. The van der Waals surface area contributed by atoms with Crippen molar-refractivity contribution in [2.24, 2.45) is 0 Å². The van der Waals surface area contributed by atoms with Gasteiger partial charge in [-0.15, -0.1) is 0 Å². The van der Waals surface area contributed by atoms with Gasteiger partial charge < -0.3 is 19.5 Å². The van der Waals surface area contributed by atoms with Gasteiger partial charge in [0.05, 0.1) is 32.7 Å². The van der Waals surface area contributed by atoms with Crippen LogP contribution in [0.15, 0.2) is 48.7 Å². The third kappa shape index (κ3) is 5.09. The third-order valence-electron chi connectivity index (χ3n) is 4.92. The van der Waals surface area contributed by atoms with Gasteiger partial charge in [-0.1, -0.05) is 18.2 Å². The lowest BCUT2D eigenvalue weighted by Crippen LogP contribution is -2.16. The van der Waals surface area contributed by atoms with E-state index in [0.29, 0.717) is 18.0 Å². The Bertz CT molecular complexity index is 923. The number of hydrogen-bond acceptors (Lipinski definition) is 5. The number of para-hydroxylation sites is 1. The van der Waals surface area contributed by atoms with Crippen LogP contribution in [0.4, 0.5) is 0 Å². The van der Waals surface area contributed by atoms with E-state index in [0.717, 1.165) is 42.1 Å². The Kier molecular flexibility index (Phi) is 7.14. The fourth-order valence-corrected chi connectivity index (χ4v) is 3.31. The summed E-state index contributed by atoms with van der Waals surface area (Å²) in [6.07, 6.45) is 4.13. The molecular weight excluding hydrogens is 366 g/mol. The summed E-state index contributed by atoms with van der Waals surface area (Å²) >= 11 is 0. The van der Waals surface area contributed by atoms with Crippen LogP contribution in [0.3, 0.4) is 0 Å². The van der Waals surface area contributed by atoms with E-state index in [9.17, 15) is 0 Å². The molecule has 1 N–H and O–H groups in total. The predicted molar refractivity (Wildman–Crippen MR) is 114 cm³/mol. The summed E-state index contributed by atoms with van der Waals surface area (Å²) in [5.74, 6) is 2.16. The summed E-state index contributed by atoms with van der Waals surface area (Å²) in [5.41, 5.74) is 4.48. The average Bonchev–Trinajstić information content (AvgIpc) is 3.14. The number of benzene rings is 2. The van der Waals surface area contributed by atoms with Crippen LogP contribution in [-0.4, -0.2) is 37.7 Å². The molecule has 6 nitrogen and oxygen atoms in total. The standard InChI is InChI=1S/C23H29N3O3/c1-17-18(16-26(25-17)20-10-6-5-7-11-20)9-8-12-24-15-19-13-22(28-3)23(29-4)14-21(19)27-2/h5-7,10-11,13-14,16,24H,8-9,12,15H2,1-4H3. The van der Waals surface area contributed by atoms with E-state index in [1.807, 2.05) is 35.0 Å². The molecule has 29 heavy (non-hydrogen) atoms. The van der Waals surface area contributed by atoms with Crippen LogP contribution in [0.2, 0.25) is 0 Å². The first-order valence-corrected chi connectivity index (χ1v) is 9.76. The Hall–Kier alpha value is -2.99. The number of hydrogen-bond donors (Lipinski definition) is 1. The second-order valence-corrected chi connectivity index (χ2v) is 6.82. The van der Waals surface area contributed by atoms with Gasteiger partial charge in [0.1, 0.15) is 5.75 Å². The summed E-state index contributed by atoms with van der Waals surface area (Å²) in [5, 5.41) is 8.13. The molecule has 3 rings (SSSR count). The Morgan fingerprint density at radius 2 is 1.59 bits per heavy atom. The number of methoxy groups -OCH3 is 3. The zero-order chi connectivity index (χ0) is 20.6. The summed E-state index contributed by atoms with van der Waals surface area (Å²) in [6, 6.07) is 14.0. The molecule has 0 aliphatic heterocycles. The van der Waals surface area contributed by atoms with Crippen molar-refractivity contribution in [2.45, 2.75) is 26.3 Å². The number of nitrogens with one attached hydrogen (secondary N) is 1. The van der Waals surface area contributed by atoms with Crippen LogP contribution < -0.4 is 19.5 Å². The van der Waals surface area contributed by atoms with E-state index < -0.39 is 0 Å². The van der Waals surface area contributed by atoms with Crippen molar-refractivity contribution in [1.82, 2.24) is 15.1 Å². The smallest absolute Gasteiger partial charge is 0.164 e. The molecule has 0 amide bonds. The van der Waals surface area contributed by atoms with Crippen LogP contribution in [0.1, 0.15) is 23.2 Å². The highest BCUT2D eigenvalue weighted by molar-refractivity contribution is 5.50. The molecule has 0 spiro atoms. The molecule has 0 atom stereocenters. The fraction of sp³-hybridized carbons (Fsp3) is 0.348. The van der Waals surface area contributed by atoms with Crippen molar-refractivity contribution in [3.8, 4) is 22.9 Å². The molecule has 0 fully saturated rings. The molecule has 0 radical (unpaired) electrons. The molecule has 154 valence electrons. The maximum Gasteiger partial charge on any atom is 0.164 e. The van der Waals surface area contributed by atoms with Gasteiger partial charge in [0.15, 0.2) is 11.5 Å². The van der Waals surface area contributed by atoms with Crippen molar-refractivity contribution in [2.75, 3.05) is 27.9 Å². The monoisotopic (exact) mass is 395 g/mol. The molecular formula is C23H29N3O3. The lowest BCUT2D eigenvalue weighted by molar-refractivity contribution is 0.347. The Morgan fingerprint density at radius 1 is 0.897 bits per heavy atom. The number of rotatable bonds is 10. The first kappa shape index (κ1) is 20.7. The molecule has 0 aliphatic rings. The minimum atomic E-state index is 0.666. The van der Waals surface area contributed by atoms with Gasteiger partial charge in [0.25, 0.3) is 0 Å². The molecule has 0 aliphatic carbocycles. The molecule has 6 heteroatoms. The maximum atomic E-state index is 5.49. The van der Waals surface area contributed by atoms with E-state index in [1.54, 1.807) is 21.3 Å². The largest absolute Gasteiger partial charge is 0.496 e. The second kappa shape index (κ2) is 9.98. The average molecular weight is 396 g/mol. The van der Waals surface area contributed by atoms with Crippen molar-refractivity contribution in [3.63, 3.8) is 0 Å². The highest BCUT2D eigenvalue weighted by Crippen LogP contribution is 2.34. The molecule has 0 unspecified atom stereocenters. The summed E-state index contributed by atoms with van der Waals surface area (Å²) in [7, 11) is 4.93. The van der Waals surface area contributed by atoms with Gasteiger partial charge in [-0.25, -0.2) is 4.68 Å². The van der Waals surface area contributed by atoms with Crippen molar-refractivity contribution in [3.05, 3.63) is 65.5 Å². The molecule has 2 aromatic carbocycles. The summed E-state index contributed by atoms with van der Waals surface area (Å²) < 4.78 is 18.2. The lowest BCUT2D eigenvalue weighted by Gasteiger charge is -2.14. The van der Waals surface area contributed by atoms with Crippen LogP contribution >= 0.6 is 0 Å². The minimum Gasteiger partial charge on any atom is -0.496 e. The van der Waals surface area contributed by atoms with E-state index in [1.165, 1.54) is 5.56 Å². The topological polar surface area (TPSA) is 57.5 Å². The highest BCUT2D eigenvalue weighted by Gasteiger charge is 2.11. The SMILES string of the molecule is COc1cc(OC)c(OC)cc1CNCCCc1cn(-c2ccccc2)nc1C. The number of aryl methyl sites for hydroxylation is 2. The van der Waals surface area contributed by atoms with Crippen LogP contribution in [0.25, 0.3) is 5.69 Å². The van der Waals surface area contributed by atoms with E-state index in [4.69, 9.17) is 14.2 Å². The first-order chi connectivity index (χ1) is 14.2. The van der Waals surface area contributed by atoms with Crippen molar-refractivity contribution >= 4 is 0 Å². The first-order valence-electron chi connectivity index (χ1n) is 9.76. The molecule has 3 aromatic rings. The van der Waals surface area contributed by atoms with Gasteiger partial charge in [0.2, 0.25) is 0 Å². The summed E-state index contributed by atoms with van der Waals surface area (Å²) in [4.78, 5) is 0. The van der Waals surface area contributed by atoms with Crippen molar-refractivity contribution in [1.29, 1.82) is 0 Å². The predicted octanol–water partition coefficient (Wildman–Crippen LogP) is 3.93. The van der Waals surface area contributed by atoms with Gasteiger partial charge in [-0.3, -0.25) is 0 Å². The molecule has 1 heterocycles.